The highest BCUT2D eigenvalue weighted by Gasteiger charge is 2.31. The quantitative estimate of drug-likeness (QED) is 0.251. The van der Waals surface area contributed by atoms with E-state index in [4.69, 9.17) is 9.47 Å². The third-order valence-corrected chi connectivity index (χ3v) is 8.84. The Kier molecular flexibility index (Phi) is 7.61. The van der Waals surface area contributed by atoms with Gasteiger partial charge in [0.2, 0.25) is 0 Å². The molecule has 3 aromatic carbocycles. The van der Waals surface area contributed by atoms with Crippen molar-refractivity contribution >= 4 is 33.0 Å². The van der Waals surface area contributed by atoms with Crippen molar-refractivity contribution < 1.29 is 31.9 Å². The van der Waals surface area contributed by atoms with Gasteiger partial charge in [0.25, 0.3) is 10.0 Å². The zero-order valence-corrected chi connectivity index (χ0v) is 25.0. The molecule has 0 spiro atoms. The van der Waals surface area contributed by atoms with Crippen molar-refractivity contribution in [3.05, 3.63) is 88.7 Å². The lowest BCUT2D eigenvalue weighted by Gasteiger charge is -2.22. The predicted molar refractivity (Wildman–Crippen MR) is 157 cm³/mol. The van der Waals surface area contributed by atoms with E-state index < -0.39 is 33.5 Å². The summed E-state index contributed by atoms with van der Waals surface area (Å²) in [6, 6.07) is 15.1. The van der Waals surface area contributed by atoms with E-state index in [1.807, 2.05) is 13.0 Å². The molecular weight excluding hydrogens is 559 g/mol. The first-order valence-electron chi connectivity index (χ1n) is 13.8. The molecule has 1 aliphatic rings. The second kappa shape index (κ2) is 10.9. The number of hydrogen-bond donors (Lipinski definition) is 1. The average Bonchev–Trinajstić information content (AvgIpc) is 3.49. The molecular formula is C32H33FN2O6S. The molecule has 1 heterocycles. The molecule has 0 saturated carbocycles. The molecule has 0 radical (unpaired) electrons. The zero-order valence-electron chi connectivity index (χ0n) is 24.2. The summed E-state index contributed by atoms with van der Waals surface area (Å²) in [7, 11) is -4.16. The first kappa shape index (κ1) is 29.3. The first-order valence-corrected chi connectivity index (χ1v) is 15.2. The van der Waals surface area contributed by atoms with Crippen LogP contribution in [-0.2, 0) is 25.9 Å². The zero-order chi connectivity index (χ0) is 30.4. The summed E-state index contributed by atoms with van der Waals surface area (Å²) in [5, 5.41) is 3.58. The molecule has 1 unspecified atom stereocenters. The van der Waals surface area contributed by atoms with E-state index in [1.54, 1.807) is 52.0 Å². The summed E-state index contributed by atoms with van der Waals surface area (Å²) in [5.74, 6) is -1.41. The number of fused-ring (bicyclic) bond motifs is 3. The molecule has 1 aliphatic carbocycles. The summed E-state index contributed by atoms with van der Waals surface area (Å²) in [5.41, 5.74) is 2.78. The van der Waals surface area contributed by atoms with Crippen LogP contribution in [0.3, 0.4) is 0 Å². The van der Waals surface area contributed by atoms with Gasteiger partial charge in [0.1, 0.15) is 11.4 Å². The Morgan fingerprint density at radius 2 is 1.76 bits per heavy atom. The highest BCUT2D eigenvalue weighted by molar-refractivity contribution is 7.90. The van der Waals surface area contributed by atoms with Crippen LogP contribution >= 0.6 is 0 Å². The Hall–Kier alpha value is -4.18. The van der Waals surface area contributed by atoms with Crippen LogP contribution in [0.5, 0.6) is 0 Å². The van der Waals surface area contributed by atoms with Crippen molar-refractivity contribution in [1.82, 2.24) is 9.29 Å². The second-order valence-electron chi connectivity index (χ2n) is 11.4. The van der Waals surface area contributed by atoms with Gasteiger partial charge in [0.05, 0.1) is 34.3 Å². The SMILES string of the molecule is CCOC(=O)c1cc(F)cc(-c2cc3c4c(ccc3n2S(=O)(=O)c2ccc(C)cc2)C(NC(=O)OC(C)(C)C)CC4)c1. The largest absolute Gasteiger partial charge is 0.462 e. The van der Waals surface area contributed by atoms with Gasteiger partial charge in [0, 0.05) is 10.9 Å². The maximum atomic E-state index is 14.9. The predicted octanol–water partition coefficient (Wildman–Crippen LogP) is 6.68. The summed E-state index contributed by atoms with van der Waals surface area (Å²) in [4.78, 5) is 25.1. The van der Waals surface area contributed by atoms with Crippen molar-refractivity contribution in [2.75, 3.05) is 6.61 Å². The highest BCUT2D eigenvalue weighted by atomic mass is 32.2. The normalized spacial score (nSPS) is 15.0. The van der Waals surface area contributed by atoms with E-state index >= 15 is 0 Å². The Morgan fingerprint density at radius 1 is 1.05 bits per heavy atom. The maximum absolute atomic E-state index is 14.9. The van der Waals surface area contributed by atoms with Gasteiger partial charge in [-0.15, -0.1) is 0 Å². The minimum atomic E-state index is -4.16. The lowest BCUT2D eigenvalue weighted by molar-refractivity contribution is 0.0499. The van der Waals surface area contributed by atoms with Gasteiger partial charge in [-0.3, -0.25) is 0 Å². The van der Waals surface area contributed by atoms with E-state index in [-0.39, 0.29) is 34.4 Å². The molecule has 0 bridgehead atoms. The number of carbonyl (C=O) groups excluding carboxylic acids is 2. The molecule has 0 saturated heterocycles. The number of rotatable bonds is 6. The number of aryl methyl sites for hydroxylation is 2. The van der Waals surface area contributed by atoms with Crippen molar-refractivity contribution in [3.8, 4) is 11.3 Å². The number of esters is 1. The van der Waals surface area contributed by atoms with Crippen molar-refractivity contribution in [2.45, 2.75) is 64.0 Å². The molecule has 220 valence electrons. The van der Waals surface area contributed by atoms with Gasteiger partial charge >= 0.3 is 12.1 Å². The molecule has 1 aromatic heterocycles. The minimum absolute atomic E-state index is 0.0248. The van der Waals surface area contributed by atoms with Crippen LogP contribution < -0.4 is 5.32 Å². The van der Waals surface area contributed by atoms with Gasteiger partial charge in [-0.2, -0.15) is 0 Å². The summed E-state index contributed by atoms with van der Waals surface area (Å²) in [6.45, 7) is 8.99. The van der Waals surface area contributed by atoms with Crippen molar-refractivity contribution in [1.29, 1.82) is 0 Å². The van der Waals surface area contributed by atoms with E-state index in [1.165, 1.54) is 28.2 Å². The number of benzene rings is 3. The lowest BCUT2D eigenvalue weighted by Crippen LogP contribution is -2.34. The van der Waals surface area contributed by atoms with Crippen LogP contribution in [-0.4, -0.2) is 36.7 Å². The monoisotopic (exact) mass is 592 g/mol. The van der Waals surface area contributed by atoms with Crippen LogP contribution in [0.2, 0.25) is 0 Å². The molecule has 1 amide bonds. The smallest absolute Gasteiger partial charge is 0.408 e. The van der Waals surface area contributed by atoms with Gasteiger partial charge in [-0.05, 0) is 101 Å². The summed E-state index contributed by atoms with van der Waals surface area (Å²) in [6.07, 6.45) is 0.650. The number of ether oxygens (including phenoxy) is 2. The fraction of sp³-hybridized carbons (Fsp3) is 0.312. The van der Waals surface area contributed by atoms with Crippen molar-refractivity contribution in [3.63, 3.8) is 0 Å². The molecule has 8 nitrogen and oxygen atoms in total. The summed E-state index contributed by atoms with van der Waals surface area (Å²) < 4.78 is 54.9. The van der Waals surface area contributed by atoms with Crippen LogP contribution in [0.1, 0.15) is 67.2 Å². The number of hydrogen-bond acceptors (Lipinski definition) is 6. The fourth-order valence-corrected chi connectivity index (χ4v) is 6.85. The number of amides is 1. The number of alkyl carbamates (subject to hydrolysis) is 1. The van der Waals surface area contributed by atoms with Gasteiger partial charge < -0.3 is 14.8 Å². The lowest BCUT2D eigenvalue weighted by atomic mass is 10.0. The molecule has 1 N–H and O–H groups in total. The molecule has 0 aliphatic heterocycles. The topological polar surface area (TPSA) is 104 Å². The number of nitrogens with zero attached hydrogens (tertiary/aromatic N) is 1. The average molecular weight is 593 g/mol. The molecule has 4 aromatic rings. The third kappa shape index (κ3) is 5.63. The Bertz CT molecular complexity index is 1800. The van der Waals surface area contributed by atoms with Gasteiger partial charge in [0.15, 0.2) is 0 Å². The fourth-order valence-electron chi connectivity index (χ4n) is 5.33. The summed E-state index contributed by atoms with van der Waals surface area (Å²) >= 11 is 0. The van der Waals surface area contributed by atoms with Crippen LogP contribution in [0, 0.1) is 12.7 Å². The second-order valence-corrected chi connectivity index (χ2v) is 13.2. The van der Waals surface area contributed by atoms with Crippen LogP contribution in [0.4, 0.5) is 9.18 Å². The standard InChI is InChI=1S/C32H33FN2O6S/c1-6-40-30(36)21-15-20(16-22(33)17-21)29-18-26-24-11-13-27(34-31(37)41-32(3,4)5)25(24)12-14-28(26)35(29)42(38,39)23-9-7-19(2)8-10-23/h7-10,12,14-18,27H,6,11,13H2,1-5H3,(H,34,37). The van der Waals surface area contributed by atoms with E-state index in [0.29, 0.717) is 23.7 Å². The maximum Gasteiger partial charge on any atom is 0.408 e. The Morgan fingerprint density at radius 3 is 2.43 bits per heavy atom. The van der Waals surface area contributed by atoms with Gasteiger partial charge in [-0.25, -0.2) is 26.4 Å². The number of aromatic nitrogens is 1. The number of halogens is 1. The molecule has 10 heteroatoms. The van der Waals surface area contributed by atoms with E-state index in [0.717, 1.165) is 22.8 Å². The first-order chi connectivity index (χ1) is 19.8. The molecule has 5 rings (SSSR count). The van der Waals surface area contributed by atoms with E-state index in [2.05, 4.69) is 5.32 Å². The number of carbonyl (C=O) groups is 2. The molecule has 1 atom stereocenters. The molecule has 0 fully saturated rings. The Balaban J connectivity index is 1.70. The minimum Gasteiger partial charge on any atom is -0.462 e. The third-order valence-electron chi connectivity index (χ3n) is 7.10. The van der Waals surface area contributed by atoms with Crippen molar-refractivity contribution in [2.24, 2.45) is 0 Å². The van der Waals surface area contributed by atoms with Crippen LogP contribution in [0.15, 0.2) is 65.6 Å². The highest BCUT2D eigenvalue weighted by Crippen LogP contribution is 2.41. The van der Waals surface area contributed by atoms with Gasteiger partial charge in [-0.1, -0.05) is 23.8 Å². The molecule has 42 heavy (non-hydrogen) atoms. The van der Waals surface area contributed by atoms with Crippen LogP contribution in [0.25, 0.3) is 22.2 Å². The van der Waals surface area contributed by atoms with E-state index in [9.17, 15) is 22.4 Å². The Labute approximate surface area is 244 Å². The number of nitrogens with one attached hydrogen (secondary N) is 1.